The molecule has 0 saturated carbocycles. The Morgan fingerprint density at radius 1 is 1.21 bits per heavy atom. The Labute approximate surface area is 110 Å². The van der Waals surface area contributed by atoms with Crippen LogP contribution in [0.5, 0.6) is 0 Å². The Balaban J connectivity index is 2.38. The van der Waals surface area contributed by atoms with E-state index in [1.807, 2.05) is 6.92 Å². The lowest BCUT2D eigenvalue weighted by atomic mass is 10.0. The van der Waals surface area contributed by atoms with Gasteiger partial charge in [0.15, 0.2) is 0 Å². The maximum atomic E-state index is 13.8. The predicted molar refractivity (Wildman–Crippen MR) is 68.5 cm³/mol. The fourth-order valence-electron chi connectivity index (χ4n) is 1.90. The number of pyridine rings is 2. The molecule has 0 aliphatic carbocycles. The molecule has 2 aromatic rings. The van der Waals surface area contributed by atoms with E-state index in [0.717, 1.165) is 18.8 Å². The average Bonchev–Trinajstić information content (AvgIpc) is 2.41. The Morgan fingerprint density at radius 2 is 2.05 bits per heavy atom. The highest BCUT2D eigenvalue weighted by atomic mass is 19.1. The predicted octanol–water partition coefficient (Wildman–Crippen LogP) is 2.84. The summed E-state index contributed by atoms with van der Waals surface area (Å²) in [6, 6.07) is 2.53. The van der Waals surface area contributed by atoms with Crippen LogP contribution >= 0.6 is 0 Å². The smallest absolute Gasteiger partial charge is 0.146 e. The lowest BCUT2D eigenvalue weighted by Gasteiger charge is -2.19. The fourth-order valence-corrected chi connectivity index (χ4v) is 1.90. The minimum atomic E-state index is -0.435. The molecule has 1 atom stereocenters. The second-order valence-electron chi connectivity index (χ2n) is 4.22. The first-order valence-corrected chi connectivity index (χ1v) is 6.15. The summed E-state index contributed by atoms with van der Waals surface area (Å²) >= 11 is 0. The van der Waals surface area contributed by atoms with E-state index in [0.29, 0.717) is 17.7 Å². The van der Waals surface area contributed by atoms with Gasteiger partial charge in [0.05, 0.1) is 18.4 Å². The number of aromatic nitrogens is 2. The molecule has 0 spiro atoms. The Hall–Kier alpha value is -1.88. The molecule has 100 valence electrons. The molecule has 0 saturated heterocycles. The van der Waals surface area contributed by atoms with Gasteiger partial charge in [-0.2, -0.15) is 0 Å². The van der Waals surface area contributed by atoms with E-state index in [-0.39, 0.29) is 0 Å². The molecular formula is C14H15F2N3. The standard InChI is InChI=1S/C14H15F2N3/c1-2-4-19-14(10-6-11(15)8-18-7-10)12-3-5-17-9-13(12)16/h3,5-9,14,19H,2,4H2,1H3. The van der Waals surface area contributed by atoms with Gasteiger partial charge in [0, 0.05) is 18.0 Å². The van der Waals surface area contributed by atoms with Gasteiger partial charge in [-0.05, 0) is 30.7 Å². The van der Waals surface area contributed by atoms with Crippen molar-refractivity contribution in [1.29, 1.82) is 0 Å². The van der Waals surface area contributed by atoms with Crippen LogP contribution in [0.4, 0.5) is 8.78 Å². The van der Waals surface area contributed by atoms with Crippen LogP contribution in [-0.2, 0) is 0 Å². The third kappa shape index (κ3) is 3.32. The Morgan fingerprint density at radius 3 is 2.74 bits per heavy atom. The van der Waals surface area contributed by atoms with E-state index in [1.165, 1.54) is 18.5 Å². The van der Waals surface area contributed by atoms with E-state index >= 15 is 0 Å². The quantitative estimate of drug-likeness (QED) is 0.901. The number of hydrogen-bond acceptors (Lipinski definition) is 3. The maximum Gasteiger partial charge on any atom is 0.146 e. The summed E-state index contributed by atoms with van der Waals surface area (Å²) in [6.07, 6.45) is 6.24. The second kappa shape index (κ2) is 6.33. The molecule has 1 unspecified atom stereocenters. The molecule has 19 heavy (non-hydrogen) atoms. The lowest BCUT2D eigenvalue weighted by Crippen LogP contribution is -2.24. The molecule has 2 rings (SSSR count). The molecule has 0 fully saturated rings. The summed E-state index contributed by atoms with van der Waals surface area (Å²) in [6.45, 7) is 2.71. The van der Waals surface area contributed by atoms with Crippen LogP contribution in [0.2, 0.25) is 0 Å². The summed E-state index contributed by atoms with van der Waals surface area (Å²) in [5.41, 5.74) is 1.04. The third-order valence-corrected chi connectivity index (χ3v) is 2.77. The number of rotatable bonds is 5. The molecule has 2 heterocycles. The normalized spacial score (nSPS) is 12.4. The Kier molecular flexibility index (Phi) is 4.52. The monoisotopic (exact) mass is 263 g/mol. The molecule has 1 N–H and O–H groups in total. The van der Waals surface area contributed by atoms with Gasteiger partial charge in [-0.1, -0.05) is 6.92 Å². The van der Waals surface area contributed by atoms with Gasteiger partial charge in [0.2, 0.25) is 0 Å². The van der Waals surface area contributed by atoms with Crippen LogP contribution in [0.25, 0.3) is 0 Å². The van der Waals surface area contributed by atoms with Gasteiger partial charge in [-0.15, -0.1) is 0 Å². The van der Waals surface area contributed by atoms with Crippen molar-refractivity contribution in [2.24, 2.45) is 0 Å². The van der Waals surface area contributed by atoms with Crippen LogP contribution in [-0.4, -0.2) is 16.5 Å². The van der Waals surface area contributed by atoms with Gasteiger partial charge < -0.3 is 5.32 Å². The minimum absolute atomic E-state index is 0.416. The zero-order valence-corrected chi connectivity index (χ0v) is 10.6. The highest BCUT2D eigenvalue weighted by Crippen LogP contribution is 2.23. The molecular weight excluding hydrogens is 248 g/mol. The van der Waals surface area contributed by atoms with Crippen LogP contribution in [0.3, 0.4) is 0 Å². The summed E-state index contributed by atoms with van der Waals surface area (Å²) in [4.78, 5) is 7.54. The first-order valence-electron chi connectivity index (χ1n) is 6.15. The van der Waals surface area contributed by atoms with Crippen LogP contribution in [0, 0.1) is 11.6 Å². The van der Waals surface area contributed by atoms with Crippen LogP contribution < -0.4 is 5.32 Å². The zero-order chi connectivity index (χ0) is 13.7. The zero-order valence-electron chi connectivity index (χ0n) is 10.6. The number of halogens is 2. The summed E-state index contributed by atoms with van der Waals surface area (Å²) < 4.78 is 27.1. The number of nitrogens with zero attached hydrogens (tertiary/aromatic N) is 2. The van der Waals surface area contributed by atoms with Crippen molar-refractivity contribution in [2.75, 3.05) is 6.54 Å². The molecule has 0 aliphatic heterocycles. The second-order valence-corrected chi connectivity index (χ2v) is 4.22. The maximum absolute atomic E-state index is 13.8. The van der Waals surface area contributed by atoms with Gasteiger partial charge in [-0.25, -0.2) is 8.78 Å². The minimum Gasteiger partial charge on any atom is -0.306 e. The first-order chi connectivity index (χ1) is 9.22. The van der Waals surface area contributed by atoms with Gasteiger partial charge in [0.25, 0.3) is 0 Å². The molecule has 3 nitrogen and oxygen atoms in total. The van der Waals surface area contributed by atoms with Crippen molar-refractivity contribution in [2.45, 2.75) is 19.4 Å². The first kappa shape index (κ1) is 13.5. The topological polar surface area (TPSA) is 37.8 Å². The Bertz CT molecular complexity index is 546. The summed E-state index contributed by atoms with van der Waals surface area (Å²) in [7, 11) is 0. The van der Waals surface area contributed by atoms with Crippen molar-refractivity contribution < 1.29 is 8.78 Å². The van der Waals surface area contributed by atoms with E-state index in [1.54, 1.807) is 6.07 Å². The van der Waals surface area contributed by atoms with Gasteiger partial charge >= 0.3 is 0 Å². The van der Waals surface area contributed by atoms with Crippen LogP contribution in [0.1, 0.15) is 30.5 Å². The average molecular weight is 263 g/mol. The highest BCUT2D eigenvalue weighted by Gasteiger charge is 2.18. The number of hydrogen-bond donors (Lipinski definition) is 1. The third-order valence-electron chi connectivity index (χ3n) is 2.77. The van der Waals surface area contributed by atoms with Crippen molar-refractivity contribution in [3.63, 3.8) is 0 Å². The fraction of sp³-hybridized carbons (Fsp3) is 0.286. The molecule has 0 radical (unpaired) electrons. The van der Waals surface area contributed by atoms with Crippen molar-refractivity contribution in [3.8, 4) is 0 Å². The van der Waals surface area contributed by atoms with E-state index in [9.17, 15) is 8.78 Å². The lowest BCUT2D eigenvalue weighted by molar-refractivity contribution is 0.537. The summed E-state index contributed by atoms with van der Waals surface area (Å²) in [5.74, 6) is -0.851. The summed E-state index contributed by atoms with van der Waals surface area (Å²) in [5, 5.41) is 3.20. The van der Waals surface area contributed by atoms with Crippen molar-refractivity contribution >= 4 is 0 Å². The van der Waals surface area contributed by atoms with E-state index < -0.39 is 17.7 Å². The highest BCUT2D eigenvalue weighted by molar-refractivity contribution is 5.29. The van der Waals surface area contributed by atoms with Crippen molar-refractivity contribution in [1.82, 2.24) is 15.3 Å². The van der Waals surface area contributed by atoms with E-state index in [2.05, 4.69) is 15.3 Å². The van der Waals surface area contributed by atoms with Crippen LogP contribution in [0.15, 0.2) is 36.9 Å². The molecule has 0 aliphatic rings. The van der Waals surface area contributed by atoms with Crippen molar-refractivity contribution in [3.05, 3.63) is 59.7 Å². The molecule has 5 heteroatoms. The molecule has 0 bridgehead atoms. The SMILES string of the molecule is CCCNC(c1cncc(F)c1)c1ccncc1F. The molecule has 2 aromatic heterocycles. The van der Waals surface area contributed by atoms with E-state index in [4.69, 9.17) is 0 Å². The van der Waals surface area contributed by atoms with Gasteiger partial charge in [0.1, 0.15) is 11.6 Å². The molecule has 0 amide bonds. The molecule has 0 aromatic carbocycles. The van der Waals surface area contributed by atoms with Gasteiger partial charge in [-0.3, -0.25) is 9.97 Å². The largest absolute Gasteiger partial charge is 0.306 e. The number of nitrogens with one attached hydrogen (secondary N) is 1.